The van der Waals surface area contributed by atoms with E-state index in [-0.39, 0.29) is 18.4 Å². The van der Waals surface area contributed by atoms with E-state index in [1.54, 1.807) is 7.05 Å². The van der Waals surface area contributed by atoms with Crippen LogP contribution in [0.25, 0.3) is 0 Å². The molecule has 6 nitrogen and oxygen atoms in total. The summed E-state index contributed by atoms with van der Waals surface area (Å²) in [6, 6.07) is 4.80. The summed E-state index contributed by atoms with van der Waals surface area (Å²) in [7, 11) is 1.74. The average Bonchev–Trinajstić information content (AvgIpc) is 2.68. The minimum atomic E-state index is -0.925. The van der Waals surface area contributed by atoms with Crippen LogP contribution < -0.4 is 16.4 Å². The summed E-state index contributed by atoms with van der Waals surface area (Å²) < 4.78 is 0. The third kappa shape index (κ3) is 2.91. The molecule has 0 bridgehead atoms. The van der Waals surface area contributed by atoms with Gasteiger partial charge in [0.1, 0.15) is 0 Å². The van der Waals surface area contributed by atoms with Crippen molar-refractivity contribution in [1.82, 2.24) is 5.32 Å². The quantitative estimate of drug-likeness (QED) is 0.609. The Hall–Kier alpha value is -1.92. The summed E-state index contributed by atoms with van der Waals surface area (Å²) in [5.41, 5.74) is 8.54. The number of carbonyl (C=O) groups excluding carboxylic acids is 1. The SMILES string of the molecule is CNC(c1ccc2c(c1)CC(=O)N2)C(N)CC(=O)O. The summed E-state index contributed by atoms with van der Waals surface area (Å²) in [6.45, 7) is 0. The Labute approximate surface area is 111 Å². The molecule has 2 atom stereocenters. The Bertz CT molecular complexity index is 516. The second kappa shape index (κ2) is 5.38. The number of amides is 1. The van der Waals surface area contributed by atoms with Gasteiger partial charge in [-0.05, 0) is 24.2 Å². The molecular formula is C13H17N3O3. The molecule has 0 saturated carbocycles. The van der Waals surface area contributed by atoms with Crippen molar-refractivity contribution >= 4 is 17.6 Å². The minimum absolute atomic E-state index is 0.0250. The Morgan fingerprint density at radius 3 is 2.95 bits per heavy atom. The van der Waals surface area contributed by atoms with Crippen molar-refractivity contribution in [2.45, 2.75) is 24.9 Å². The number of likely N-dealkylation sites (N-methyl/N-ethyl adjacent to an activating group) is 1. The summed E-state index contributed by atoms with van der Waals surface area (Å²) in [5, 5.41) is 14.6. The molecule has 102 valence electrons. The van der Waals surface area contributed by atoms with Crippen LogP contribution in [0.2, 0.25) is 0 Å². The smallest absolute Gasteiger partial charge is 0.304 e. The van der Waals surface area contributed by atoms with Crippen molar-refractivity contribution < 1.29 is 14.7 Å². The fraction of sp³-hybridized carbons (Fsp3) is 0.385. The highest BCUT2D eigenvalue weighted by Crippen LogP contribution is 2.27. The van der Waals surface area contributed by atoms with Gasteiger partial charge in [0, 0.05) is 17.8 Å². The molecule has 1 aromatic carbocycles. The molecule has 2 rings (SSSR count). The number of rotatable bonds is 5. The van der Waals surface area contributed by atoms with Gasteiger partial charge in [0.05, 0.1) is 12.8 Å². The molecule has 1 aromatic rings. The second-order valence-electron chi connectivity index (χ2n) is 4.67. The number of carboxylic acid groups (broad SMARTS) is 1. The van der Waals surface area contributed by atoms with E-state index in [1.165, 1.54) is 0 Å². The van der Waals surface area contributed by atoms with Gasteiger partial charge in [-0.2, -0.15) is 0 Å². The van der Waals surface area contributed by atoms with Crippen LogP contribution in [0.15, 0.2) is 18.2 Å². The zero-order valence-corrected chi connectivity index (χ0v) is 10.6. The lowest BCUT2D eigenvalue weighted by molar-refractivity contribution is -0.137. The third-order valence-electron chi connectivity index (χ3n) is 3.26. The highest BCUT2D eigenvalue weighted by molar-refractivity contribution is 5.99. The van der Waals surface area contributed by atoms with Crippen LogP contribution in [0.1, 0.15) is 23.6 Å². The molecule has 2 unspecified atom stereocenters. The molecule has 5 N–H and O–H groups in total. The first kappa shape index (κ1) is 13.5. The molecular weight excluding hydrogens is 246 g/mol. The van der Waals surface area contributed by atoms with Gasteiger partial charge >= 0.3 is 5.97 Å². The maximum absolute atomic E-state index is 11.3. The first-order valence-electron chi connectivity index (χ1n) is 6.08. The lowest BCUT2D eigenvalue weighted by Crippen LogP contribution is -2.37. The highest BCUT2D eigenvalue weighted by atomic mass is 16.4. The Kier molecular flexibility index (Phi) is 3.82. The summed E-state index contributed by atoms with van der Waals surface area (Å²) >= 11 is 0. The van der Waals surface area contributed by atoms with Gasteiger partial charge in [0.25, 0.3) is 0 Å². The van der Waals surface area contributed by atoms with E-state index in [0.29, 0.717) is 6.42 Å². The van der Waals surface area contributed by atoms with Crippen LogP contribution in [0.3, 0.4) is 0 Å². The molecule has 0 saturated heterocycles. The number of benzene rings is 1. The zero-order chi connectivity index (χ0) is 14.0. The molecule has 6 heteroatoms. The standard InChI is InChI=1S/C13H17N3O3/c1-15-13(9(14)6-12(18)19)7-2-3-10-8(4-7)5-11(17)16-10/h2-4,9,13,15H,5-6,14H2,1H3,(H,16,17)(H,18,19). The number of aliphatic carboxylic acids is 1. The van der Waals surface area contributed by atoms with Crippen LogP contribution in [0, 0.1) is 0 Å². The number of nitrogens with two attached hydrogens (primary N) is 1. The molecule has 0 radical (unpaired) electrons. The van der Waals surface area contributed by atoms with Gasteiger partial charge in [-0.25, -0.2) is 0 Å². The van der Waals surface area contributed by atoms with Gasteiger partial charge in [0.2, 0.25) is 5.91 Å². The van der Waals surface area contributed by atoms with Crippen LogP contribution in [-0.2, 0) is 16.0 Å². The first-order valence-corrected chi connectivity index (χ1v) is 6.08. The average molecular weight is 263 g/mol. The predicted molar refractivity (Wildman–Crippen MR) is 70.8 cm³/mol. The predicted octanol–water partition coefficient (Wildman–Crippen LogP) is 0.244. The number of carboxylic acids is 1. The molecule has 1 heterocycles. The van der Waals surface area contributed by atoms with E-state index in [2.05, 4.69) is 10.6 Å². The molecule has 0 spiro atoms. The van der Waals surface area contributed by atoms with E-state index >= 15 is 0 Å². The van der Waals surface area contributed by atoms with Crippen molar-refractivity contribution in [3.8, 4) is 0 Å². The molecule has 1 aliphatic rings. The number of hydrogen-bond donors (Lipinski definition) is 4. The summed E-state index contributed by atoms with van der Waals surface area (Å²) in [4.78, 5) is 22.0. The fourth-order valence-electron chi connectivity index (χ4n) is 2.39. The molecule has 19 heavy (non-hydrogen) atoms. The number of carbonyl (C=O) groups is 2. The van der Waals surface area contributed by atoms with Gasteiger partial charge in [-0.15, -0.1) is 0 Å². The fourth-order valence-corrected chi connectivity index (χ4v) is 2.39. The van der Waals surface area contributed by atoms with Gasteiger partial charge in [-0.1, -0.05) is 12.1 Å². The van der Waals surface area contributed by atoms with Crippen LogP contribution >= 0.6 is 0 Å². The molecule has 0 aliphatic carbocycles. The van der Waals surface area contributed by atoms with Crippen molar-refractivity contribution in [3.63, 3.8) is 0 Å². The zero-order valence-electron chi connectivity index (χ0n) is 10.6. The topological polar surface area (TPSA) is 104 Å². The van der Waals surface area contributed by atoms with Gasteiger partial charge in [-0.3, -0.25) is 9.59 Å². The van der Waals surface area contributed by atoms with Crippen molar-refractivity contribution in [2.75, 3.05) is 12.4 Å². The lowest BCUT2D eigenvalue weighted by Gasteiger charge is -2.23. The van der Waals surface area contributed by atoms with Crippen LogP contribution in [0.5, 0.6) is 0 Å². The van der Waals surface area contributed by atoms with E-state index in [1.807, 2.05) is 18.2 Å². The lowest BCUT2D eigenvalue weighted by atomic mass is 9.95. The van der Waals surface area contributed by atoms with Crippen LogP contribution in [0.4, 0.5) is 5.69 Å². The van der Waals surface area contributed by atoms with Crippen molar-refractivity contribution in [1.29, 1.82) is 0 Å². The maximum Gasteiger partial charge on any atom is 0.304 e. The first-order chi connectivity index (χ1) is 9.01. The number of hydrogen-bond acceptors (Lipinski definition) is 4. The minimum Gasteiger partial charge on any atom is -0.481 e. The Morgan fingerprint density at radius 1 is 1.58 bits per heavy atom. The van der Waals surface area contributed by atoms with E-state index in [9.17, 15) is 9.59 Å². The van der Waals surface area contributed by atoms with Crippen molar-refractivity contribution in [2.24, 2.45) is 5.73 Å². The Morgan fingerprint density at radius 2 is 2.32 bits per heavy atom. The van der Waals surface area contributed by atoms with Crippen molar-refractivity contribution in [3.05, 3.63) is 29.3 Å². The van der Waals surface area contributed by atoms with Gasteiger partial charge in [0.15, 0.2) is 0 Å². The molecule has 1 aliphatic heterocycles. The number of nitrogens with one attached hydrogen (secondary N) is 2. The van der Waals surface area contributed by atoms with E-state index < -0.39 is 12.0 Å². The monoisotopic (exact) mass is 263 g/mol. The molecule has 0 aromatic heterocycles. The summed E-state index contributed by atoms with van der Waals surface area (Å²) in [5.74, 6) is -0.950. The highest BCUT2D eigenvalue weighted by Gasteiger charge is 2.23. The second-order valence-corrected chi connectivity index (χ2v) is 4.67. The number of fused-ring (bicyclic) bond motifs is 1. The Balaban J connectivity index is 2.22. The van der Waals surface area contributed by atoms with Crippen LogP contribution in [-0.4, -0.2) is 30.1 Å². The largest absolute Gasteiger partial charge is 0.481 e. The maximum atomic E-state index is 11.3. The third-order valence-corrected chi connectivity index (χ3v) is 3.26. The number of anilines is 1. The van der Waals surface area contributed by atoms with E-state index in [0.717, 1.165) is 16.8 Å². The normalized spacial score (nSPS) is 16.6. The van der Waals surface area contributed by atoms with E-state index in [4.69, 9.17) is 10.8 Å². The summed E-state index contributed by atoms with van der Waals surface area (Å²) in [6.07, 6.45) is 0.244. The molecule has 1 amide bonds. The van der Waals surface area contributed by atoms with Gasteiger partial charge < -0.3 is 21.5 Å². The molecule has 0 fully saturated rings.